The van der Waals surface area contributed by atoms with Crippen LogP contribution in [0.3, 0.4) is 0 Å². The van der Waals surface area contributed by atoms with Crippen LogP contribution in [0.25, 0.3) is 10.8 Å². The highest BCUT2D eigenvalue weighted by molar-refractivity contribution is 5.87. The first-order valence-electron chi connectivity index (χ1n) is 9.11. The molecule has 0 saturated carbocycles. The van der Waals surface area contributed by atoms with Crippen LogP contribution in [0.1, 0.15) is 30.0 Å². The maximum Gasteiger partial charge on any atom is 0.225 e. The first kappa shape index (κ1) is 19.4. The first-order chi connectivity index (χ1) is 12.6. The van der Waals surface area contributed by atoms with Crippen molar-refractivity contribution in [2.75, 3.05) is 13.1 Å². The number of carbonyl (C=O) groups is 1. The normalized spacial score (nSPS) is 20.2. The smallest absolute Gasteiger partial charge is 0.225 e. The van der Waals surface area contributed by atoms with E-state index in [4.69, 9.17) is 0 Å². The molecule has 2 N–H and O–H groups in total. The molecule has 1 amide bonds. The third-order valence-electron chi connectivity index (χ3n) is 5.35. The maximum atomic E-state index is 13.0. The van der Waals surface area contributed by atoms with E-state index in [9.17, 15) is 4.79 Å². The second-order valence-electron chi connectivity index (χ2n) is 7.12. The minimum Gasteiger partial charge on any atom is -0.349 e. The molecule has 142 valence electrons. The minimum atomic E-state index is -0.0726. The Bertz CT molecular complexity index is 933. The fraction of sp³-hybridized carbons (Fsp3) is 0.333. The Balaban J connectivity index is 0.00000210. The molecular weight excluding hydrogens is 360 g/mol. The molecule has 3 atom stereocenters. The van der Waals surface area contributed by atoms with Crippen LogP contribution in [-0.4, -0.2) is 28.8 Å². The lowest BCUT2D eigenvalue weighted by molar-refractivity contribution is -0.125. The monoisotopic (exact) mass is 384 g/mol. The fourth-order valence-electron chi connectivity index (χ4n) is 3.96. The number of aryl methyl sites for hydroxylation is 1. The highest BCUT2D eigenvalue weighted by Crippen LogP contribution is 2.29. The second-order valence-corrected chi connectivity index (χ2v) is 7.12. The van der Waals surface area contributed by atoms with Crippen LogP contribution < -0.4 is 10.6 Å². The van der Waals surface area contributed by atoms with Gasteiger partial charge in [0.1, 0.15) is 0 Å². The Morgan fingerprint density at radius 2 is 2.00 bits per heavy atom. The number of nitrogens with zero attached hydrogens (tertiary/aromatic N) is 2. The van der Waals surface area contributed by atoms with E-state index < -0.39 is 0 Å². The molecule has 27 heavy (non-hydrogen) atoms. The molecule has 1 aliphatic heterocycles. The van der Waals surface area contributed by atoms with Gasteiger partial charge < -0.3 is 10.6 Å². The zero-order valence-corrected chi connectivity index (χ0v) is 16.4. The maximum absolute atomic E-state index is 13.0. The van der Waals surface area contributed by atoms with E-state index in [0.717, 1.165) is 17.7 Å². The third kappa shape index (κ3) is 3.84. The summed E-state index contributed by atoms with van der Waals surface area (Å²) in [5, 5.41) is 13.2. The SMILES string of the molecule is CC(NC(=O)[C@H]1CNC[C@@H]1c1cnn(C)c1)c1cccc2ccccc12.Cl. The lowest BCUT2D eigenvalue weighted by Crippen LogP contribution is -2.36. The zero-order valence-electron chi connectivity index (χ0n) is 15.6. The Hall–Kier alpha value is -2.37. The van der Waals surface area contributed by atoms with Crippen molar-refractivity contribution < 1.29 is 4.79 Å². The predicted molar refractivity (Wildman–Crippen MR) is 110 cm³/mol. The van der Waals surface area contributed by atoms with Crippen molar-refractivity contribution in [2.45, 2.75) is 18.9 Å². The average molecular weight is 385 g/mol. The van der Waals surface area contributed by atoms with Crippen molar-refractivity contribution in [3.63, 3.8) is 0 Å². The fourth-order valence-corrected chi connectivity index (χ4v) is 3.96. The number of hydrogen-bond acceptors (Lipinski definition) is 3. The van der Waals surface area contributed by atoms with Gasteiger partial charge in [0.25, 0.3) is 0 Å². The molecule has 6 heteroatoms. The van der Waals surface area contributed by atoms with Gasteiger partial charge in [-0.2, -0.15) is 5.10 Å². The Kier molecular flexibility index (Phi) is 5.82. The molecule has 3 aromatic rings. The van der Waals surface area contributed by atoms with E-state index in [1.54, 1.807) is 4.68 Å². The number of aromatic nitrogens is 2. The molecule has 0 aliphatic carbocycles. The molecule has 1 aliphatic rings. The highest BCUT2D eigenvalue weighted by atomic mass is 35.5. The molecular formula is C21H25ClN4O. The number of amides is 1. The van der Waals surface area contributed by atoms with E-state index in [0.29, 0.717) is 6.54 Å². The second kappa shape index (κ2) is 8.11. The summed E-state index contributed by atoms with van der Waals surface area (Å²) in [6, 6.07) is 14.5. The van der Waals surface area contributed by atoms with E-state index in [1.807, 2.05) is 31.6 Å². The number of halogens is 1. The summed E-state index contributed by atoms with van der Waals surface area (Å²) in [5.74, 6) is 0.198. The van der Waals surface area contributed by atoms with Crippen molar-refractivity contribution >= 4 is 29.1 Å². The van der Waals surface area contributed by atoms with Crippen molar-refractivity contribution in [2.24, 2.45) is 13.0 Å². The molecule has 5 nitrogen and oxygen atoms in total. The summed E-state index contributed by atoms with van der Waals surface area (Å²) in [4.78, 5) is 13.0. The van der Waals surface area contributed by atoms with Gasteiger partial charge >= 0.3 is 0 Å². The first-order valence-corrected chi connectivity index (χ1v) is 9.11. The van der Waals surface area contributed by atoms with Crippen molar-refractivity contribution in [1.29, 1.82) is 0 Å². The number of fused-ring (bicyclic) bond motifs is 1. The molecule has 0 radical (unpaired) electrons. The summed E-state index contributed by atoms with van der Waals surface area (Å²) in [7, 11) is 1.91. The lowest BCUT2D eigenvalue weighted by Gasteiger charge is -2.22. The average Bonchev–Trinajstić information content (AvgIpc) is 3.29. The van der Waals surface area contributed by atoms with Crippen LogP contribution in [0.15, 0.2) is 54.9 Å². The quantitative estimate of drug-likeness (QED) is 0.726. The van der Waals surface area contributed by atoms with E-state index in [-0.39, 0.29) is 36.2 Å². The third-order valence-corrected chi connectivity index (χ3v) is 5.35. The van der Waals surface area contributed by atoms with Gasteiger partial charge in [-0.3, -0.25) is 9.48 Å². The van der Waals surface area contributed by atoms with Crippen LogP contribution in [0.4, 0.5) is 0 Å². The standard InChI is InChI=1S/C21H24N4O.ClH/c1-14(17-9-5-7-15-6-3-4-8-18(15)17)24-21(26)20-12-22-11-19(20)16-10-23-25(2)13-16;/h3-10,13-14,19-20,22H,11-12H2,1-2H3,(H,24,26);1H/t14?,19-,20+;/m1./s1. The van der Waals surface area contributed by atoms with Gasteiger partial charge in [0.2, 0.25) is 5.91 Å². The van der Waals surface area contributed by atoms with Crippen LogP contribution in [0, 0.1) is 5.92 Å². The van der Waals surface area contributed by atoms with Gasteiger partial charge in [0.15, 0.2) is 0 Å². The predicted octanol–water partition coefficient (Wildman–Crippen LogP) is 3.18. The number of carbonyl (C=O) groups excluding carboxylic acids is 1. The van der Waals surface area contributed by atoms with E-state index in [2.05, 4.69) is 53.0 Å². The van der Waals surface area contributed by atoms with Crippen LogP contribution in [-0.2, 0) is 11.8 Å². The Morgan fingerprint density at radius 3 is 2.78 bits per heavy atom. The van der Waals surface area contributed by atoms with Gasteiger partial charge in [0.05, 0.1) is 18.2 Å². The summed E-state index contributed by atoms with van der Waals surface area (Å²) in [6.45, 7) is 3.57. The van der Waals surface area contributed by atoms with Gasteiger partial charge in [0, 0.05) is 32.3 Å². The van der Waals surface area contributed by atoms with Gasteiger partial charge in [-0.1, -0.05) is 42.5 Å². The molecule has 1 aromatic heterocycles. The summed E-state index contributed by atoms with van der Waals surface area (Å²) in [5.41, 5.74) is 2.27. The van der Waals surface area contributed by atoms with E-state index in [1.165, 1.54) is 10.8 Å². The van der Waals surface area contributed by atoms with Crippen LogP contribution in [0.5, 0.6) is 0 Å². The molecule has 1 fully saturated rings. The van der Waals surface area contributed by atoms with Gasteiger partial charge in [-0.05, 0) is 28.8 Å². The summed E-state index contributed by atoms with van der Waals surface area (Å²) >= 11 is 0. The zero-order chi connectivity index (χ0) is 18.1. The molecule has 1 saturated heterocycles. The number of nitrogens with one attached hydrogen (secondary N) is 2. The highest BCUT2D eigenvalue weighted by Gasteiger charge is 2.35. The number of hydrogen-bond donors (Lipinski definition) is 2. The van der Waals surface area contributed by atoms with Gasteiger partial charge in [-0.25, -0.2) is 0 Å². The van der Waals surface area contributed by atoms with Crippen LogP contribution in [0.2, 0.25) is 0 Å². The number of benzene rings is 2. The lowest BCUT2D eigenvalue weighted by atomic mass is 9.89. The molecule has 4 rings (SSSR count). The molecule has 2 heterocycles. The van der Waals surface area contributed by atoms with Crippen LogP contribution >= 0.6 is 12.4 Å². The molecule has 1 unspecified atom stereocenters. The van der Waals surface area contributed by atoms with Crippen molar-refractivity contribution in [1.82, 2.24) is 20.4 Å². The van der Waals surface area contributed by atoms with Crippen molar-refractivity contribution in [3.05, 3.63) is 66.0 Å². The Labute approximate surface area is 165 Å². The van der Waals surface area contributed by atoms with Gasteiger partial charge in [-0.15, -0.1) is 12.4 Å². The largest absolute Gasteiger partial charge is 0.349 e. The Morgan fingerprint density at radius 1 is 1.22 bits per heavy atom. The number of rotatable bonds is 4. The van der Waals surface area contributed by atoms with Crippen molar-refractivity contribution in [3.8, 4) is 0 Å². The molecule has 0 spiro atoms. The minimum absolute atomic E-state index is 0. The summed E-state index contributed by atoms with van der Waals surface area (Å²) in [6.07, 6.45) is 3.87. The summed E-state index contributed by atoms with van der Waals surface area (Å²) < 4.78 is 1.79. The van der Waals surface area contributed by atoms with E-state index >= 15 is 0 Å². The topological polar surface area (TPSA) is 59.0 Å². The molecule has 2 aromatic carbocycles. The molecule has 0 bridgehead atoms.